The second-order valence-electron chi connectivity index (χ2n) is 21.2. The molecular weight excluding hydrogens is 951 g/mol. The molecule has 0 N–H and O–H groups in total. The van der Waals surface area contributed by atoms with Crippen molar-refractivity contribution in [1.82, 2.24) is 24.1 Å². The normalized spacial score (nSPS) is 12.8. The molecule has 366 valence electrons. The lowest BCUT2D eigenvalue weighted by Gasteiger charge is -2.22. The molecule has 0 atom stereocenters. The highest BCUT2D eigenvalue weighted by Gasteiger charge is 2.35. The van der Waals surface area contributed by atoms with Gasteiger partial charge in [-0.2, -0.15) is 9.97 Å². The van der Waals surface area contributed by atoms with Crippen LogP contribution in [0.4, 0.5) is 0 Å². The van der Waals surface area contributed by atoms with Gasteiger partial charge in [0.2, 0.25) is 5.95 Å². The van der Waals surface area contributed by atoms with Crippen LogP contribution in [0.1, 0.15) is 25.0 Å². The summed E-state index contributed by atoms with van der Waals surface area (Å²) in [6.45, 7) is 4.71. The van der Waals surface area contributed by atoms with E-state index in [4.69, 9.17) is 19.4 Å². The van der Waals surface area contributed by atoms with Gasteiger partial charge in [0.05, 0.1) is 22.1 Å². The highest BCUT2D eigenvalue weighted by molar-refractivity contribution is 6.15. The van der Waals surface area contributed by atoms with Crippen LogP contribution in [0, 0.1) is 0 Å². The Labute approximate surface area is 449 Å². The Morgan fingerprint density at radius 1 is 0.321 bits per heavy atom. The SMILES string of the molecule is CC1(C)c2ccccc2-c2ccc(-c3cc(-c4ccccc4)cc(-c4cccc5c6cc(-n7c8ccccc8c8ccccc87)ccc6n(-c6nc(-c7ccccc7)nc(-c7ccc8c(c7)oc7ccccc78)n6)c45)c3)cc21. The van der Waals surface area contributed by atoms with Gasteiger partial charge in [-0.1, -0.05) is 190 Å². The average molecular weight is 998 g/mol. The van der Waals surface area contributed by atoms with E-state index in [0.717, 1.165) is 99.4 Å². The van der Waals surface area contributed by atoms with Crippen LogP contribution in [0.15, 0.2) is 253 Å². The molecule has 1 aliphatic rings. The van der Waals surface area contributed by atoms with Crippen molar-refractivity contribution in [2.75, 3.05) is 0 Å². The second kappa shape index (κ2) is 16.9. The van der Waals surface area contributed by atoms with Crippen molar-refractivity contribution in [2.45, 2.75) is 19.3 Å². The third-order valence-corrected chi connectivity index (χ3v) is 16.4. The van der Waals surface area contributed by atoms with E-state index in [2.05, 4.69) is 235 Å². The van der Waals surface area contributed by atoms with Crippen LogP contribution >= 0.6 is 0 Å². The first kappa shape index (κ1) is 44.2. The Kier molecular flexibility index (Phi) is 9.58. The summed E-state index contributed by atoms with van der Waals surface area (Å²) in [5.74, 6) is 1.64. The first-order valence-corrected chi connectivity index (χ1v) is 26.7. The van der Waals surface area contributed by atoms with E-state index in [-0.39, 0.29) is 5.41 Å². The van der Waals surface area contributed by atoms with Gasteiger partial charge in [0.15, 0.2) is 11.6 Å². The minimum atomic E-state index is -0.147. The van der Waals surface area contributed by atoms with Crippen LogP contribution in [-0.2, 0) is 5.41 Å². The quantitative estimate of drug-likeness (QED) is 0.160. The molecule has 0 spiro atoms. The van der Waals surface area contributed by atoms with E-state index >= 15 is 0 Å². The Hall–Kier alpha value is -10.2. The van der Waals surface area contributed by atoms with Crippen LogP contribution in [0.2, 0.25) is 0 Å². The molecule has 0 unspecified atom stereocenters. The van der Waals surface area contributed by atoms with Crippen LogP contribution in [0.25, 0.3) is 144 Å². The lowest BCUT2D eigenvalue weighted by atomic mass is 9.81. The molecule has 16 rings (SSSR count). The van der Waals surface area contributed by atoms with Gasteiger partial charge >= 0.3 is 0 Å². The average Bonchev–Trinajstić information content (AvgIpc) is 4.33. The number of benzene rings is 11. The maximum Gasteiger partial charge on any atom is 0.238 e. The molecule has 4 heterocycles. The zero-order valence-electron chi connectivity index (χ0n) is 42.8. The van der Waals surface area contributed by atoms with Crippen LogP contribution in [-0.4, -0.2) is 24.1 Å². The molecule has 0 saturated heterocycles. The molecule has 0 fully saturated rings. The number of hydrogen-bond donors (Lipinski definition) is 0. The van der Waals surface area contributed by atoms with Gasteiger partial charge in [0.1, 0.15) is 11.2 Å². The van der Waals surface area contributed by atoms with E-state index in [0.29, 0.717) is 17.6 Å². The summed E-state index contributed by atoms with van der Waals surface area (Å²) in [6.07, 6.45) is 0. The topological polar surface area (TPSA) is 61.7 Å². The molecule has 4 aromatic heterocycles. The minimum absolute atomic E-state index is 0.147. The van der Waals surface area contributed by atoms with Crippen molar-refractivity contribution in [3.05, 3.63) is 260 Å². The van der Waals surface area contributed by atoms with Gasteiger partial charge in [-0.15, -0.1) is 0 Å². The van der Waals surface area contributed by atoms with Gasteiger partial charge in [-0.3, -0.25) is 4.57 Å². The van der Waals surface area contributed by atoms with Crippen molar-refractivity contribution in [3.63, 3.8) is 0 Å². The van der Waals surface area contributed by atoms with Gasteiger partial charge in [0, 0.05) is 60.1 Å². The lowest BCUT2D eigenvalue weighted by molar-refractivity contribution is 0.660. The molecule has 6 nitrogen and oxygen atoms in total. The third-order valence-electron chi connectivity index (χ3n) is 16.4. The summed E-state index contributed by atoms with van der Waals surface area (Å²) in [5.41, 5.74) is 20.6. The van der Waals surface area contributed by atoms with E-state index < -0.39 is 0 Å². The van der Waals surface area contributed by atoms with Crippen molar-refractivity contribution in [2.24, 2.45) is 0 Å². The number of rotatable bonds is 7. The summed E-state index contributed by atoms with van der Waals surface area (Å²) in [5, 5.41) is 6.72. The largest absolute Gasteiger partial charge is 0.456 e. The minimum Gasteiger partial charge on any atom is -0.456 e. The predicted molar refractivity (Wildman–Crippen MR) is 321 cm³/mol. The summed E-state index contributed by atoms with van der Waals surface area (Å²) in [7, 11) is 0. The predicted octanol–water partition coefficient (Wildman–Crippen LogP) is 18.6. The Balaban J connectivity index is 0.975. The number of hydrogen-bond acceptors (Lipinski definition) is 4. The molecule has 0 saturated carbocycles. The third kappa shape index (κ3) is 6.73. The van der Waals surface area contributed by atoms with Gasteiger partial charge in [0.25, 0.3) is 0 Å². The first-order chi connectivity index (χ1) is 38.4. The molecule has 1 aliphatic carbocycles. The maximum atomic E-state index is 6.46. The van der Waals surface area contributed by atoms with Crippen LogP contribution in [0.5, 0.6) is 0 Å². The summed E-state index contributed by atoms with van der Waals surface area (Å²) in [4.78, 5) is 16.2. The Bertz CT molecular complexity index is 4890. The summed E-state index contributed by atoms with van der Waals surface area (Å²) < 4.78 is 11.1. The van der Waals surface area contributed by atoms with Gasteiger partial charge in [-0.05, 0) is 123 Å². The number of furan rings is 1. The van der Waals surface area contributed by atoms with Gasteiger partial charge in [-0.25, -0.2) is 4.98 Å². The lowest BCUT2D eigenvalue weighted by Crippen LogP contribution is -2.14. The highest BCUT2D eigenvalue weighted by Crippen LogP contribution is 2.50. The molecule has 78 heavy (non-hydrogen) atoms. The summed E-state index contributed by atoms with van der Waals surface area (Å²) in [6, 6.07) is 89.4. The molecule has 11 aromatic carbocycles. The smallest absolute Gasteiger partial charge is 0.238 e. The number of aromatic nitrogens is 5. The fraction of sp³-hybridized carbons (Fsp3) is 0.0417. The van der Waals surface area contributed by atoms with Crippen molar-refractivity contribution >= 4 is 65.6 Å². The standard InChI is InChI=1S/C72H47N5O/c1-72(2)61-28-13-9-22-53(61)54-35-32-46(41-62(54)72)49-38-48(44-18-5-3-6-19-44)39-50(40-49)52-26-17-27-59-60-43-51(76-63-29-14-10-23-55(63)56-24-11-15-30-64(56)76)34-37-65(60)77(68(52)59)71-74-69(45-20-7-4-8-21-45)73-70(75-71)47-33-36-58-57-25-12-16-31-66(57)78-67(58)42-47/h3-43H,1-2H3. The first-order valence-electron chi connectivity index (χ1n) is 26.7. The van der Waals surface area contributed by atoms with E-state index in [1.165, 1.54) is 38.6 Å². The van der Waals surface area contributed by atoms with Crippen LogP contribution < -0.4 is 0 Å². The summed E-state index contributed by atoms with van der Waals surface area (Å²) >= 11 is 0. The monoisotopic (exact) mass is 997 g/mol. The maximum absolute atomic E-state index is 6.46. The number of fused-ring (bicyclic) bond motifs is 12. The molecule has 15 aromatic rings. The van der Waals surface area contributed by atoms with E-state index in [1.54, 1.807) is 0 Å². The fourth-order valence-electron chi connectivity index (χ4n) is 12.6. The van der Waals surface area contributed by atoms with Crippen LogP contribution in [0.3, 0.4) is 0 Å². The molecule has 0 aliphatic heterocycles. The molecular formula is C72H47N5O. The number of para-hydroxylation sites is 4. The highest BCUT2D eigenvalue weighted by atomic mass is 16.3. The molecule has 0 bridgehead atoms. The number of nitrogens with zero attached hydrogens (tertiary/aromatic N) is 5. The van der Waals surface area contributed by atoms with Crippen molar-refractivity contribution in [3.8, 4) is 78.9 Å². The van der Waals surface area contributed by atoms with Crippen molar-refractivity contribution in [1.29, 1.82) is 0 Å². The fourth-order valence-corrected chi connectivity index (χ4v) is 12.6. The Morgan fingerprint density at radius 2 is 0.897 bits per heavy atom. The molecule has 0 radical (unpaired) electrons. The van der Waals surface area contributed by atoms with Crippen molar-refractivity contribution < 1.29 is 4.42 Å². The zero-order chi connectivity index (χ0) is 51.6. The Morgan fingerprint density at radius 3 is 1.68 bits per heavy atom. The zero-order valence-corrected chi connectivity index (χ0v) is 42.8. The van der Waals surface area contributed by atoms with E-state index in [1.807, 2.05) is 36.4 Å². The molecule has 6 heteroatoms. The molecule has 0 amide bonds. The van der Waals surface area contributed by atoms with Gasteiger partial charge < -0.3 is 8.98 Å². The van der Waals surface area contributed by atoms with E-state index in [9.17, 15) is 0 Å². The second-order valence-corrected chi connectivity index (χ2v) is 21.2.